The number of nitrogens with zero attached hydrogens (tertiary/aromatic N) is 1. The second-order valence-electron chi connectivity index (χ2n) is 7.67. The van der Waals surface area contributed by atoms with Crippen LogP contribution in [-0.4, -0.2) is 33.6 Å². The molecule has 1 aliphatic carbocycles. The first-order chi connectivity index (χ1) is 12.3. The zero-order valence-corrected chi connectivity index (χ0v) is 16.6. The predicted octanol–water partition coefficient (Wildman–Crippen LogP) is 4.91. The van der Waals surface area contributed by atoms with Gasteiger partial charge in [-0.15, -0.1) is 6.58 Å². The Hall–Kier alpha value is -1.12. The van der Waals surface area contributed by atoms with Crippen LogP contribution in [0.3, 0.4) is 0 Å². The molecule has 0 N–H and O–H groups in total. The first-order valence-electron chi connectivity index (χ1n) is 10.2. The molecule has 1 heterocycles. The zero-order chi connectivity index (χ0) is 17.3. The number of hydrogen-bond donors (Lipinski definition) is 0. The molecule has 0 bridgehead atoms. The summed E-state index contributed by atoms with van der Waals surface area (Å²) in [7, 11) is 0.842. The highest BCUT2D eigenvalue weighted by molar-refractivity contribution is 6.60. The molecule has 1 nitrogen and oxygen atoms in total. The number of likely N-dealkylation sites (tertiary alicyclic amines) is 1. The molecule has 1 aliphatic heterocycles. The average molecular weight is 352 g/mol. The summed E-state index contributed by atoms with van der Waals surface area (Å²) >= 11 is 0. The van der Waals surface area contributed by atoms with Gasteiger partial charge in [-0.2, -0.15) is 0 Å². The minimum Gasteiger partial charge on any atom is -0.297 e. The van der Waals surface area contributed by atoms with Crippen LogP contribution in [0.4, 0.5) is 0 Å². The van der Waals surface area contributed by atoms with Gasteiger partial charge in [-0.1, -0.05) is 78.6 Å². The summed E-state index contributed by atoms with van der Waals surface area (Å²) in [6.45, 7) is 6.52. The summed E-state index contributed by atoms with van der Waals surface area (Å²) in [5.41, 5.74) is 0. The third-order valence-corrected chi connectivity index (χ3v) is 7.13. The van der Waals surface area contributed by atoms with E-state index in [-0.39, 0.29) is 0 Å². The molecule has 1 saturated heterocycles. The summed E-state index contributed by atoms with van der Waals surface area (Å²) < 4.78 is 0. The number of benzene rings is 1. The summed E-state index contributed by atoms with van der Waals surface area (Å²) in [5, 5.41) is 3.18. The van der Waals surface area contributed by atoms with E-state index in [1.165, 1.54) is 76.1 Å². The molecule has 1 unspecified atom stereocenters. The van der Waals surface area contributed by atoms with E-state index >= 15 is 0 Å². The second-order valence-corrected chi connectivity index (χ2v) is 9.14. The van der Waals surface area contributed by atoms with Gasteiger partial charge in [0.1, 0.15) is 9.52 Å². The molecule has 1 aromatic carbocycles. The fourth-order valence-electron chi connectivity index (χ4n) is 4.31. The second kappa shape index (κ2) is 10.1. The largest absolute Gasteiger partial charge is 0.297 e. The normalized spacial score (nSPS) is 23.5. The predicted molar refractivity (Wildman–Crippen MR) is 111 cm³/mol. The van der Waals surface area contributed by atoms with E-state index in [1.807, 2.05) is 0 Å². The summed E-state index contributed by atoms with van der Waals surface area (Å²) in [5.74, 6) is 0.830. The van der Waals surface area contributed by atoms with Crippen molar-refractivity contribution < 1.29 is 0 Å². The molecule has 1 aromatic rings. The van der Waals surface area contributed by atoms with Gasteiger partial charge >= 0.3 is 0 Å². The third kappa shape index (κ3) is 5.97. The van der Waals surface area contributed by atoms with E-state index in [2.05, 4.69) is 54.0 Å². The Morgan fingerprint density at radius 3 is 2.56 bits per heavy atom. The fraction of sp³-hybridized carbons (Fsp3) is 0.565. The van der Waals surface area contributed by atoms with Crippen LogP contribution in [0.2, 0.25) is 0 Å². The Kier molecular flexibility index (Phi) is 7.56. The third-order valence-electron chi connectivity index (χ3n) is 5.77. The van der Waals surface area contributed by atoms with Crippen LogP contribution in [0.1, 0.15) is 57.8 Å². The number of rotatable bonds is 7. The van der Waals surface area contributed by atoms with E-state index in [0.717, 1.165) is 15.4 Å². The van der Waals surface area contributed by atoms with Crippen molar-refractivity contribution in [1.82, 2.24) is 4.90 Å². The van der Waals surface area contributed by atoms with Crippen molar-refractivity contribution in [1.29, 1.82) is 0 Å². The maximum Gasteiger partial charge on any atom is 0.115 e. The van der Waals surface area contributed by atoms with Gasteiger partial charge in [0.15, 0.2) is 0 Å². The number of allylic oxidation sites excluding steroid dienone is 1. The Bertz CT molecular complexity index is 544. The molecule has 3 rings (SSSR count). The fourth-order valence-corrected chi connectivity index (χ4v) is 5.59. The van der Waals surface area contributed by atoms with Crippen LogP contribution in [-0.2, 0) is 0 Å². The molecule has 1 atom stereocenters. The first kappa shape index (κ1) is 18.7. The monoisotopic (exact) mass is 351 g/mol. The van der Waals surface area contributed by atoms with E-state index in [9.17, 15) is 0 Å². The molecule has 2 heteroatoms. The summed E-state index contributed by atoms with van der Waals surface area (Å²) in [6.07, 6.45) is 17.2. The summed E-state index contributed by atoms with van der Waals surface area (Å²) in [4.78, 5) is 2.67. The summed E-state index contributed by atoms with van der Waals surface area (Å²) in [6, 6.07) is 11.7. The van der Waals surface area contributed by atoms with Crippen LogP contribution in [0.5, 0.6) is 0 Å². The topological polar surface area (TPSA) is 3.24 Å². The average Bonchev–Trinajstić information content (AvgIpc) is 2.68. The van der Waals surface area contributed by atoms with Crippen LogP contribution in [0.25, 0.3) is 0 Å². The lowest BCUT2D eigenvalue weighted by molar-refractivity contribution is 0.183. The lowest BCUT2D eigenvalue weighted by Gasteiger charge is -2.34. The Labute approximate surface area is 157 Å². The van der Waals surface area contributed by atoms with Gasteiger partial charge in [-0.25, -0.2) is 0 Å². The van der Waals surface area contributed by atoms with Gasteiger partial charge in [-0.05, 0) is 44.6 Å². The molecular formula is C23H33NSi. The molecule has 0 aromatic heterocycles. The van der Waals surface area contributed by atoms with Crippen LogP contribution in [0, 0.1) is 5.92 Å². The molecule has 1 saturated carbocycles. The number of hydrogen-bond acceptors (Lipinski definition) is 1. The van der Waals surface area contributed by atoms with Crippen molar-refractivity contribution in [3.05, 3.63) is 54.3 Å². The minimum absolute atomic E-state index is 0.602. The molecule has 2 radical (unpaired) electrons. The molecule has 0 amide bonds. The van der Waals surface area contributed by atoms with Gasteiger partial charge < -0.3 is 0 Å². The standard InChI is InChI=1S/C23H33NSi/c1-2-21-13-9-10-17-24(21)18-16-23(19-20-11-5-3-6-12-20)25-22-14-7-4-8-15-22/h2,4,7-8,14-15,19-21H,1,3,5-6,9-13,16-18H2/b23-19+. The lowest BCUT2D eigenvalue weighted by Crippen LogP contribution is -2.39. The van der Waals surface area contributed by atoms with E-state index < -0.39 is 0 Å². The molecule has 2 aliphatic rings. The first-order valence-corrected chi connectivity index (χ1v) is 11.2. The van der Waals surface area contributed by atoms with Gasteiger partial charge in [0.2, 0.25) is 0 Å². The van der Waals surface area contributed by atoms with Gasteiger partial charge in [0, 0.05) is 12.6 Å². The maximum atomic E-state index is 4.07. The van der Waals surface area contributed by atoms with E-state index in [4.69, 9.17) is 0 Å². The number of piperidine rings is 1. The Balaban J connectivity index is 1.64. The van der Waals surface area contributed by atoms with Crippen LogP contribution >= 0.6 is 0 Å². The molecule has 0 spiro atoms. The van der Waals surface area contributed by atoms with Crippen molar-refractivity contribution in [3.8, 4) is 0 Å². The highest BCUT2D eigenvalue weighted by atomic mass is 28.2. The SMILES string of the molecule is C=CC1CCCCN1CC/C(=C\C1CCCCC1)[Si]c1ccccc1. The van der Waals surface area contributed by atoms with Crippen molar-refractivity contribution in [2.45, 2.75) is 63.8 Å². The van der Waals surface area contributed by atoms with Gasteiger partial charge in [0.25, 0.3) is 0 Å². The minimum atomic E-state index is 0.602. The Morgan fingerprint density at radius 2 is 1.80 bits per heavy atom. The van der Waals surface area contributed by atoms with Crippen molar-refractivity contribution in [2.75, 3.05) is 13.1 Å². The quantitative estimate of drug-likeness (QED) is 0.498. The molecule has 25 heavy (non-hydrogen) atoms. The maximum absolute atomic E-state index is 4.07. The van der Waals surface area contributed by atoms with Crippen molar-refractivity contribution >= 4 is 14.7 Å². The zero-order valence-electron chi connectivity index (χ0n) is 15.6. The molecular weight excluding hydrogens is 318 g/mol. The van der Waals surface area contributed by atoms with Gasteiger partial charge in [-0.3, -0.25) is 4.90 Å². The molecule has 2 fully saturated rings. The lowest BCUT2D eigenvalue weighted by atomic mass is 9.89. The van der Waals surface area contributed by atoms with Crippen molar-refractivity contribution in [2.24, 2.45) is 5.92 Å². The van der Waals surface area contributed by atoms with E-state index in [1.54, 1.807) is 5.20 Å². The van der Waals surface area contributed by atoms with Gasteiger partial charge in [0.05, 0.1) is 0 Å². The highest BCUT2D eigenvalue weighted by Crippen LogP contribution is 2.26. The molecule has 134 valence electrons. The smallest absolute Gasteiger partial charge is 0.115 e. The van der Waals surface area contributed by atoms with Crippen molar-refractivity contribution in [3.63, 3.8) is 0 Å². The van der Waals surface area contributed by atoms with Crippen LogP contribution < -0.4 is 5.19 Å². The highest BCUT2D eigenvalue weighted by Gasteiger charge is 2.20. The Morgan fingerprint density at radius 1 is 1.04 bits per heavy atom. The van der Waals surface area contributed by atoms with Crippen LogP contribution in [0.15, 0.2) is 54.3 Å². The van der Waals surface area contributed by atoms with E-state index in [0.29, 0.717) is 6.04 Å².